The van der Waals surface area contributed by atoms with Gasteiger partial charge in [-0.15, -0.1) is 0 Å². The molecule has 1 rings (SSSR count). The SMILES string of the molecule is CCOC(=O)C(N)Cc1cc(Br)cc(C(F)(F)F)c1. The predicted molar refractivity (Wildman–Crippen MR) is 67.5 cm³/mol. The molecule has 106 valence electrons. The molecule has 0 aromatic heterocycles. The van der Waals surface area contributed by atoms with Gasteiger partial charge in [-0.25, -0.2) is 0 Å². The Hall–Kier alpha value is -1.08. The van der Waals surface area contributed by atoms with E-state index in [1.807, 2.05) is 0 Å². The number of alkyl halides is 3. The van der Waals surface area contributed by atoms with Crippen LogP contribution >= 0.6 is 15.9 Å². The Balaban J connectivity index is 2.90. The highest BCUT2D eigenvalue weighted by atomic mass is 79.9. The fraction of sp³-hybridized carbons (Fsp3) is 0.417. The summed E-state index contributed by atoms with van der Waals surface area (Å²) in [6.07, 6.45) is -4.45. The van der Waals surface area contributed by atoms with Crippen LogP contribution < -0.4 is 5.73 Å². The molecule has 7 heteroatoms. The molecule has 0 amide bonds. The lowest BCUT2D eigenvalue weighted by atomic mass is 10.0. The second-order valence-electron chi connectivity index (χ2n) is 3.91. The highest BCUT2D eigenvalue weighted by Crippen LogP contribution is 2.32. The molecule has 0 radical (unpaired) electrons. The molecule has 0 bridgehead atoms. The van der Waals surface area contributed by atoms with Crippen LogP contribution in [0, 0.1) is 0 Å². The van der Waals surface area contributed by atoms with E-state index in [2.05, 4.69) is 15.9 Å². The van der Waals surface area contributed by atoms with Crippen molar-refractivity contribution in [3.05, 3.63) is 33.8 Å². The van der Waals surface area contributed by atoms with Gasteiger partial charge in [0.25, 0.3) is 0 Å². The van der Waals surface area contributed by atoms with E-state index in [-0.39, 0.29) is 17.5 Å². The van der Waals surface area contributed by atoms with Gasteiger partial charge < -0.3 is 10.5 Å². The van der Waals surface area contributed by atoms with Gasteiger partial charge in [0.2, 0.25) is 0 Å². The third-order valence-electron chi connectivity index (χ3n) is 2.33. The van der Waals surface area contributed by atoms with Crippen molar-refractivity contribution in [2.24, 2.45) is 5.73 Å². The maximum Gasteiger partial charge on any atom is 0.416 e. The number of benzene rings is 1. The predicted octanol–water partition coefficient (Wildman–Crippen LogP) is 2.90. The standard InChI is InChI=1S/C12H13BrF3NO2/c1-2-19-11(18)10(17)5-7-3-8(12(14,15)16)6-9(13)4-7/h3-4,6,10H,2,5,17H2,1H3. The highest BCUT2D eigenvalue weighted by Gasteiger charge is 2.31. The summed E-state index contributed by atoms with van der Waals surface area (Å²) in [4.78, 5) is 11.3. The molecule has 3 nitrogen and oxygen atoms in total. The first-order valence-electron chi connectivity index (χ1n) is 5.53. The quantitative estimate of drug-likeness (QED) is 0.858. The molecule has 0 saturated carbocycles. The van der Waals surface area contributed by atoms with Crippen LogP contribution in [0.2, 0.25) is 0 Å². The lowest BCUT2D eigenvalue weighted by Gasteiger charge is -2.13. The van der Waals surface area contributed by atoms with Crippen LogP contribution in [0.3, 0.4) is 0 Å². The number of hydrogen-bond donors (Lipinski definition) is 1. The van der Waals surface area contributed by atoms with Crippen LogP contribution in [0.5, 0.6) is 0 Å². The number of carbonyl (C=O) groups excluding carboxylic acids is 1. The first kappa shape index (κ1) is 16.0. The maximum absolute atomic E-state index is 12.6. The molecule has 19 heavy (non-hydrogen) atoms. The summed E-state index contributed by atoms with van der Waals surface area (Å²) in [6, 6.07) is 2.47. The molecular weight excluding hydrogens is 327 g/mol. The molecule has 0 aliphatic rings. The fourth-order valence-corrected chi connectivity index (χ4v) is 2.06. The van der Waals surface area contributed by atoms with Gasteiger partial charge in [0.1, 0.15) is 6.04 Å². The molecular formula is C12H13BrF3NO2. The van der Waals surface area contributed by atoms with E-state index in [1.165, 1.54) is 6.07 Å². The van der Waals surface area contributed by atoms with E-state index >= 15 is 0 Å². The second-order valence-corrected chi connectivity index (χ2v) is 4.82. The van der Waals surface area contributed by atoms with Crippen LogP contribution in [0.4, 0.5) is 13.2 Å². The molecule has 0 heterocycles. The third kappa shape index (κ3) is 4.83. The van der Waals surface area contributed by atoms with E-state index < -0.39 is 23.8 Å². The topological polar surface area (TPSA) is 52.3 Å². The van der Waals surface area contributed by atoms with Crippen LogP contribution in [0.1, 0.15) is 18.1 Å². The van der Waals surface area contributed by atoms with Crippen LogP contribution in [-0.4, -0.2) is 18.6 Å². The number of carbonyl (C=O) groups is 1. The van der Waals surface area contributed by atoms with E-state index in [0.29, 0.717) is 5.56 Å². The lowest BCUT2D eigenvalue weighted by Crippen LogP contribution is -2.34. The molecule has 0 aliphatic carbocycles. The zero-order chi connectivity index (χ0) is 14.6. The number of rotatable bonds is 4. The van der Waals surface area contributed by atoms with Crippen LogP contribution in [0.25, 0.3) is 0 Å². The van der Waals surface area contributed by atoms with Crippen molar-refractivity contribution in [1.29, 1.82) is 0 Å². The minimum Gasteiger partial charge on any atom is -0.465 e. The van der Waals surface area contributed by atoms with Crippen molar-refractivity contribution >= 4 is 21.9 Å². The normalized spacial score (nSPS) is 13.2. The lowest BCUT2D eigenvalue weighted by molar-refractivity contribution is -0.144. The molecule has 1 atom stereocenters. The Morgan fingerprint density at radius 1 is 1.42 bits per heavy atom. The first-order valence-corrected chi connectivity index (χ1v) is 6.32. The number of nitrogens with two attached hydrogens (primary N) is 1. The Morgan fingerprint density at radius 3 is 2.58 bits per heavy atom. The van der Waals surface area contributed by atoms with E-state index in [4.69, 9.17) is 10.5 Å². The molecule has 1 aromatic carbocycles. The minimum absolute atomic E-state index is 0.0125. The molecule has 1 aromatic rings. The smallest absolute Gasteiger partial charge is 0.416 e. The van der Waals surface area contributed by atoms with Crippen molar-refractivity contribution in [2.75, 3.05) is 6.61 Å². The maximum atomic E-state index is 12.6. The third-order valence-corrected chi connectivity index (χ3v) is 2.79. The summed E-state index contributed by atoms with van der Waals surface area (Å²) in [5, 5.41) is 0. The molecule has 0 fully saturated rings. The Morgan fingerprint density at radius 2 is 2.05 bits per heavy atom. The number of halogens is 4. The van der Waals surface area contributed by atoms with Crippen molar-refractivity contribution in [1.82, 2.24) is 0 Å². The molecule has 0 saturated heterocycles. The Kier molecular flexibility index (Phi) is 5.37. The summed E-state index contributed by atoms with van der Waals surface area (Å²) in [6.45, 7) is 1.81. The largest absolute Gasteiger partial charge is 0.465 e. The van der Waals surface area contributed by atoms with E-state index in [0.717, 1.165) is 12.1 Å². The van der Waals surface area contributed by atoms with Gasteiger partial charge in [-0.1, -0.05) is 15.9 Å². The van der Waals surface area contributed by atoms with Gasteiger partial charge >= 0.3 is 12.1 Å². The van der Waals surface area contributed by atoms with Gasteiger partial charge in [-0.05, 0) is 37.1 Å². The van der Waals surface area contributed by atoms with Gasteiger partial charge in [0.15, 0.2) is 0 Å². The van der Waals surface area contributed by atoms with Gasteiger partial charge in [0.05, 0.1) is 12.2 Å². The van der Waals surface area contributed by atoms with Crippen molar-refractivity contribution in [3.63, 3.8) is 0 Å². The molecule has 1 unspecified atom stereocenters. The van der Waals surface area contributed by atoms with Gasteiger partial charge in [-0.3, -0.25) is 4.79 Å². The number of hydrogen-bond acceptors (Lipinski definition) is 3. The average Bonchev–Trinajstić information content (AvgIpc) is 2.27. The molecule has 0 aliphatic heterocycles. The first-order chi connectivity index (χ1) is 8.74. The van der Waals surface area contributed by atoms with Crippen LogP contribution in [-0.2, 0) is 22.1 Å². The molecule has 0 spiro atoms. The van der Waals surface area contributed by atoms with Gasteiger partial charge in [-0.2, -0.15) is 13.2 Å². The fourth-order valence-electron chi connectivity index (χ4n) is 1.52. The van der Waals surface area contributed by atoms with Crippen molar-refractivity contribution < 1.29 is 22.7 Å². The second kappa shape index (κ2) is 6.38. The average molecular weight is 340 g/mol. The summed E-state index contributed by atoms with van der Waals surface area (Å²) in [5.41, 5.74) is 5.11. The summed E-state index contributed by atoms with van der Waals surface area (Å²) >= 11 is 3.01. The number of esters is 1. The minimum atomic E-state index is -4.44. The number of ether oxygens (including phenoxy) is 1. The van der Waals surface area contributed by atoms with E-state index in [1.54, 1.807) is 6.92 Å². The summed E-state index contributed by atoms with van der Waals surface area (Å²) < 4.78 is 42.9. The zero-order valence-corrected chi connectivity index (χ0v) is 11.7. The summed E-state index contributed by atoms with van der Waals surface area (Å²) in [5.74, 6) is -0.629. The van der Waals surface area contributed by atoms with Crippen molar-refractivity contribution in [3.8, 4) is 0 Å². The summed E-state index contributed by atoms with van der Waals surface area (Å²) in [7, 11) is 0. The highest BCUT2D eigenvalue weighted by molar-refractivity contribution is 9.10. The Bertz CT molecular complexity index is 463. The van der Waals surface area contributed by atoms with E-state index in [9.17, 15) is 18.0 Å². The monoisotopic (exact) mass is 339 g/mol. The molecule has 2 N–H and O–H groups in total. The van der Waals surface area contributed by atoms with Crippen LogP contribution in [0.15, 0.2) is 22.7 Å². The van der Waals surface area contributed by atoms with Gasteiger partial charge in [0, 0.05) is 4.47 Å². The zero-order valence-electron chi connectivity index (χ0n) is 10.1. The van der Waals surface area contributed by atoms with Crippen molar-refractivity contribution in [2.45, 2.75) is 25.6 Å². The Labute approximate surface area is 117 Å².